The molecule has 0 unspecified atom stereocenters. The van der Waals surface area contributed by atoms with Crippen molar-refractivity contribution in [1.82, 2.24) is 4.90 Å². The Bertz CT molecular complexity index is 1090. The zero-order chi connectivity index (χ0) is 23.1. The van der Waals surface area contributed by atoms with Crippen LogP contribution in [0.2, 0.25) is 5.02 Å². The predicted molar refractivity (Wildman–Crippen MR) is 122 cm³/mol. The number of carboxylic acids is 1. The van der Waals surface area contributed by atoms with Gasteiger partial charge in [-0.1, -0.05) is 54.1 Å². The van der Waals surface area contributed by atoms with E-state index in [1.54, 1.807) is 11.0 Å². The molecule has 0 bridgehead atoms. The van der Waals surface area contributed by atoms with Crippen LogP contribution in [0.3, 0.4) is 0 Å². The smallest absolute Gasteiger partial charge is 0.339 e. The molecule has 0 aliphatic carbocycles. The lowest BCUT2D eigenvalue weighted by Gasteiger charge is -2.30. The van der Waals surface area contributed by atoms with E-state index < -0.39 is 5.97 Å². The van der Waals surface area contributed by atoms with E-state index >= 15 is 0 Å². The van der Waals surface area contributed by atoms with Gasteiger partial charge >= 0.3 is 5.97 Å². The van der Waals surface area contributed by atoms with Gasteiger partial charge in [0, 0.05) is 17.6 Å². The number of hydrogen-bond donors (Lipinski definition) is 1. The average molecular weight is 454 g/mol. The predicted octanol–water partition coefficient (Wildman–Crippen LogP) is 5.22. The molecule has 0 aliphatic heterocycles. The van der Waals surface area contributed by atoms with E-state index in [1.165, 1.54) is 25.3 Å². The molecule has 0 aliphatic rings. The number of carbonyl (C=O) groups excluding carboxylic acids is 1. The summed E-state index contributed by atoms with van der Waals surface area (Å²) in [7, 11) is 1.47. The molecule has 0 spiro atoms. The Kier molecular flexibility index (Phi) is 7.73. The number of hydrogen-bond acceptors (Lipinski definition) is 4. The van der Waals surface area contributed by atoms with Crippen LogP contribution in [0.5, 0.6) is 11.5 Å². The highest BCUT2D eigenvalue weighted by Crippen LogP contribution is 2.27. The van der Waals surface area contributed by atoms with Gasteiger partial charge in [0.1, 0.15) is 17.1 Å². The summed E-state index contributed by atoms with van der Waals surface area (Å²) < 4.78 is 10.8. The summed E-state index contributed by atoms with van der Waals surface area (Å²) in [5.41, 5.74) is 1.80. The van der Waals surface area contributed by atoms with E-state index in [4.69, 9.17) is 21.1 Å². The molecule has 1 amide bonds. The summed E-state index contributed by atoms with van der Waals surface area (Å²) in [5, 5.41) is 10.0. The molecular formula is C25H24ClNO5. The molecule has 0 aromatic heterocycles. The van der Waals surface area contributed by atoms with Crippen molar-refractivity contribution in [3.8, 4) is 11.5 Å². The molecule has 0 saturated carbocycles. The van der Waals surface area contributed by atoms with Gasteiger partial charge in [-0.2, -0.15) is 0 Å². The average Bonchev–Trinajstić information content (AvgIpc) is 2.80. The van der Waals surface area contributed by atoms with E-state index in [-0.39, 0.29) is 29.9 Å². The molecule has 0 radical (unpaired) electrons. The minimum atomic E-state index is -1.15. The third-order valence-electron chi connectivity index (χ3n) is 5.08. The maximum Gasteiger partial charge on any atom is 0.339 e. The normalized spacial score (nSPS) is 11.5. The molecule has 166 valence electrons. The fraction of sp³-hybridized carbons (Fsp3) is 0.200. The lowest BCUT2D eigenvalue weighted by molar-refractivity contribution is -0.136. The molecule has 0 fully saturated rings. The SMILES string of the molecule is COc1ccc(C(=O)O)c(OCC(=O)N(Cc2cccc(Cl)c2)[C@@H](C)c2ccccc2)c1. The van der Waals surface area contributed by atoms with Gasteiger partial charge in [-0.05, 0) is 42.3 Å². The summed E-state index contributed by atoms with van der Waals surface area (Å²) in [6.07, 6.45) is 0. The number of carboxylic acid groups (broad SMARTS) is 1. The third-order valence-corrected chi connectivity index (χ3v) is 5.32. The van der Waals surface area contributed by atoms with Crippen LogP contribution in [0.1, 0.15) is 34.5 Å². The summed E-state index contributed by atoms with van der Waals surface area (Å²) in [6, 6.07) is 21.1. The van der Waals surface area contributed by atoms with Gasteiger partial charge in [0.15, 0.2) is 6.61 Å². The maximum absolute atomic E-state index is 13.2. The van der Waals surface area contributed by atoms with Crippen molar-refractivity contribution in [2.24, 2.45) is 0 Å². The van der Waals surface area contributed by atoms with Crippen LogP contribution in [0, 0.1) is 0 Å². The molecule has 7 heteroatoms. The van der Waals surface area contributed by atoms with Crippen molar-refractivity contribution in [1.29, 1.82) is 0 Å². The van der Waals surface area contributed by atoms with Gasteiger partial charge in [-0.25, -0.2) is 4.79 Å². The molecule has 0 heterocycles. The quantitative estimate of drug-likeness (QED) is 0.481. The summed E-state index contributed by atoms with van der Waals surface area (Å²) in [6.45, 7) is 1.93. The van der Waals surface area contributed by atoms with Crippen molar-refractivity contribution in [2.45, 2.75) is 19.5 Å². The number of benzene rings is 3. The van der Waals surface area contributed by atoms with E-state index in [0.717, 1.165) is 11.1 Å². The van der Waals surface area contributed by atoms with E-state index in [2.05, 4.69) is 0 Å². The second-order valence-corrected chi connectivity index (χ2v) is 7.63. The van der Waals surface area contributed by atoms with E-state index in [0.29, 0.717) is 17.3 Å². The van der Waals surface area contributed by atoms with Crippen molar-refractivity contribution in [3.05, 3.63) is 94.5 Å². The number of methoxy groups -OCH3 is 1. The molecular weight excluding hydrogens is 430 g/mol. The molecule has 0 saturated heterocycles. The first kappa shape index (κ1) is 23.2. The van der Waals surface area contributed by atoms with Crippen LogP contribution >= 0.6 is 11.6 Å². The lowest BCUT2D eigenvalue weighted by atomic mass is 10.1. The summed E-state index contributed by atoms with van der Waals surface area (Å²) >= 11 is 6.13. The third kappa shape index (κ3) is 5.80. The van der Waals surface area contributed by atoms with Gasteiger partial charge in [0.05, 0.1) is 13.2 Å². The second-order valence-electron chi connectivity index (χ2n) is 7.19. The van der Waals surface area contributed by atoms with Gasteiger partial charge in [0.2, 0.25) is 0 Å². The molecule has 6 nitrogen and oxygen atoms in total. The molecule has 1 N–H and O–H groups in total. The first-order valence-electron chi connectivity index (χ1n) is 10.0. The van der Waals surface area contributed by atoms with Crippen LogP contribution in [0.4, 0.5) is 0 Å². The highest BCUT2D eigenvalue weighted by atomic mass is 35.5. The van der Waals surface area contributed by atoms with Crippen LogP contribution in [-0.4, -0.2) is 35.6 Å². The number of amides is 1. The van der Waals surface area contributed by atoms with Crippen molar-refractivity contribution in [3.63, 3.8) is 0 Å². The van der Waals surface area contributed by atoms with Crippen molar-refractivity contribution >= 4 is 23.5 Å². The molecule has 3 aromatic carbocycles. The molecule has 3 aromatic rings. The van der Waals surface area contributed by atoms with Crippen LogP contribution in [0.25, 0.3) is 0 Å². The second kappa shape index (κ2) is 10.7. The Balaban J connectivity index is 1.84. The van der Waals surface area contributed by atoms with Crippen molar-refractivity contribution in [2.75, 3.05) is 13.7 Å². The zero-order valence-corrected chi connectivity index (χ0v) is 18.6. The maximum atomic E-state index is 13.2. The fourth-order valence-corrected chi connectivity index (χ4v) is 3.55. The van der Waals surface area contributed by atoms with Gasteiger partial charge in [-0.15, -0.1) is 0 Å². The Morgan fingerprint density at radius 1 is 1.03 bits per heavy atom. The first-order valence-corrected chi connectivity index (χ1v) is 10.4. The van der Waals surface area contributed by atoms with Gasteiger partial charge < -0.3 is 19.5 Å². The molecule has 1 atom stereocenters. The number of carbonyl (C=O) groups is 2. The monoisotopic (exact) mass is 453 g/mol. The number of ether oxygens (including phenoxy) is 2. The topological polar surface area (TPSA) is 76.1 Å². The first-order chi connectivity index (χ1) is 15.4. The number of halogens is 1. The Labute approximate surface area is 192 Å². The van der Waals surface area contributed by atoms with E-state index in [1.807, 2.05) is 55.5 Å². The highest BCUT2D eigenvalue weighted by molar-refractivity contribution is 6.30. The zero-order valence-electron chi connectivity index (χ0n) is 17.8. The van der Waals surface area contributed by atoms with Crippen molar-refractivity contribution < 1.29 is 24.2 Å². The number of nitrogens with zero attached hydrogens (tertiary/aromatic N) is 1. The van der Waals surface area contributed by atoms with Gasteiger partial charge in [0.25, 0.3) is 5.91 Å². The molecule has 32 heavy (non-hydrogen) atoms. The highest BCUT2D eigenvalue weighted by Gasteiger charge is 2.23. The Hall–Kier alpha value is -3.51. The summed E-state index contributed by atoms with van der Waals surface area (Å²) in [5.74, 6) is -0.935. The van der Waals surface area contributed by atoms with Crippen LogP contribution in [-0.2, 0) is 11.3 Å². The summed E-state index contributed by atoms with van der Waals surface area (Å²) in [4.78, 5) is 26.5. The van der Waals surface area contributed by atoms with Gasteiger partial charge in [-0.3, -0.25) is 4.79 Å². The van der Waals surface area contributed by atoms with Crippen LogP contribution < -0.4 is 9.47 Å². The van der Waals surface area contributed by atoms with E-state index in [9.17, 15) is 14.7 Å². The number of rotatable bonds is 9. The Morgan fingerprint density at radius 3 is 2.44 bits per heavy atom. The minimum Gasteiger partial charge on any atom is -0.497 e. The standard InChI is InChI=1S/C25H24ClNO5/c1-17(19-8-4-3-5-9-19)27(15-18-7-6-10-20(26)13-18)24(28)16-32-23-14-21(31-2)11-12-22(23)25(29)30/h3-14,17H,15-16H2,1-2H3,(H,29,30)/t17-/m0/s1. The lowest BCUT2D eigenvalue weighted by Crippen LogP contribution is -2.36. The number of aromatic carboxylic acids is 1. The minimum absolute atomic E-state index is 0.0453. The fourth-order valence-electron chi connectivity index (χ4n) is 3.33. The Morgan fingerprint density at radius 2 is 1.78 bits per heavy atom. The van der Waals surface area contributed by atoms with Crippen LogP contribution in [0.15, 0.2) is 72.8 Å². The molecule has 3 rings (SSSR count). The largest absolute Gasteiger partial charge is 0.497 e.